The normalized spacial score (nSPS) is 6.93. The number of phenolic OH excluding ortho intramolecular Hbond substituents is 1. The van der Waals surface area contributed by atoms with E-state index in [1.807, 2.05) is 0 Å². The zero-order valence-corrected chi connectivity index (χ0v) is 14.1. The summed E-state index contributed by atoms with van der Waals surface area (Å²) in [6, 6.07) is 5.01. The molecule has 0 unspecified atom stereocenters. The maximum absolute atomic E-state index is 12.0. The van der Waals surface area contributed by atoms with Gasteiger partial charge in [-0.15, -0.1) is 0 Å². The molecular formula is C7H5FK2O4. The average Bonchev–Trinajstić information content (AvgIpc) is 1.94. The third-order valence-corrected chi connectivity index (χ3v) is 0.827. The second kappa shape index (κ2) is 12.6. The number of carboxylic acid groups (broad SMARTS) is 2. The standard InChI is InChI=1S/C6H5FO.CH2O3.2K/c7-5-1-3-6(8)4-2-5;2-1(3)4;;/h1-4,8H;(H2,2,3,4);;/q;;2*+1/p-2. The van der Waals surface area contributed by atoms with Crippen LogP contribution in [0.1, 0.15) is 0 Å². The van der Waals surface area contributed by atoms with Crippen LogP contribution in [0.5, 0.6) is 5.75 Å². The fourth-order valence-corrected chi connectivity index (χ4v) is 0.441. The molecule has 14 heavy (non-hydrogen) atoms. The summed E-state index contributed by atoms with van der Waals surface area (Å²) in [5.74, 6) is -0.241. The van der Waals surface area contributed by atoms with Crippen molar-refractivity contribution in [2.24, 2.45) is 0 Å². The van der Waals surface area contributed by atoms with E-state index in [4.69, 9.17) is 20.1 Å². The molecule has 0 amide bonds. The molecule has 1 aromatic carbocycles. The van der Waals surface area contributed by atoms with Crippen molar-refractivity contribution in [3.8, 4) is 5.75 Å². The Bertz CT molecular complexity index is 227. The zero-order chi connectivity index (χ0) is 9.56. The summed E-state index contributed by atoms with van der Waals surface area (Å²) < 4.78 is 12.0. The number of hydrogen-bond acceptors (Lipinski definition) is 4. The molecule has 0 aliphatic rings. The van der Waals surface area contributed by atoms with E-state index in [1.54, 1.807) is 0 Å². The Hall–Kier alpha value is 1.49. The summed E-state index contributed by atoms with van der Waals surface area (Å²) in [5.41, 5.74) is 0. The van der Waals surface area contributed by atoms with Gasteiger partial charge < -0.3 is 20.1 Å². The van der Waals surface area contributed by atoms with E-state index in [9.17, 15) is 4.39 Å². The van der Waals surface area contributed by atoms with Crippen molar-refractivity contribution in [3.05, 3.63) is 30.1 Å². The molecule has 0 spiro atoms. The molecule has 7 heteroatoms. The van der Waals surface area contributed by atoms with Crippen LogP contribution in [-0.2, 0) is 0 Å². The van der Waals surface area contributed by atoms with Gasteiger partial charge in [0.05, 0.1) is 0 Å². The van der Waals surface area contributed by atoms with Gasteiger partial charge >= 0.3 is 103 Å². The van der Waals surface area contributed by atoms with Gasteiger partial charge in [-0.1, -0.05) is 0 Å². The fourth-order valence-electron chi connectivity index (χ4n) is 0.441. The van der Waals surface area contributed by atoms with E-state index in [0.717, 1.165) is 0 Å². The number of halogens is 1. The first kappa shape index (κ1) is 20.9. The van der Waals surface area contributed by atoms with E-state index >= 15 is 0 Å². The minimum absolute atomic E-state index is 0. The number of carbonyl (C=O) groups is 1. The molecule has 0 heterocycles. The molecule has 0 radical (unpaired) electrons. The van der Waals surface area contributed by atoms with Crippen molar-refractivity contribution in [1.29, 1.82) is 0 Å². The van der Waals surface area contributed by atoms with Gasteiger partial charge in [-0.25, -0.2) is 4.39 Å². The van der Waals surface area contributed by atoms with Crippen molar-refractivity contribution in [2.75, 3.05) is 0 Å². The SMILES string of the molecule is O=C([O-])[O-].Oc1ccc(F)cc1.[K+].[K+]. The minimum Gasteiger partial charge on any atom is -0.652 e. The number of carbonyl (C=O) groups excluding carboxylic acids is 1. The van der Waals surface area contributed by atoms with Gasteiger partial charge in [0.1, 0.15) is 11.6 Å². The first-order valence-corrected chi connectivity index (χ1v) is 2.85. The second-order valence-corrected chi connectivity index (χ2v) is 1.73. The van der Waals surface area contributed by atoms with Gasteiger partial charge in [0.25, 0.3) is 0 Å². The van der Waals surface area contributed by atoms with E-state index in [2.05, 4.69) is 0 Å². The smallest absolute Gasteiger partial charge is 0.652 e. The Morgan fingerprint density at radius 3 is 1.64 bits per heavy atom. The minimum atomic E-state index is -2.33. The molecule has 0 saturated carbocycles. The molecule has 0 aliphatic carbocycles. The predicted molar refractivity (Wildman–Crippen MR) is 33.5 cm³/mol. The summed E-state index contributed by atoms with van der Waals surface area (Å²) >= 11 is 0. The number of aromatic hydroxyl groups is 1. The van der Waals surface area contributed by atoms with Gasteiger partial charge in [0.2, 0.25) is 0 Å². The topological polar surface area (TPSA) is 83.4 Å². The predicted octanol–water partition coefficient (Wildman–Crippen LogP) is -6.91. The molecule has 1 aromatic rings. The molecule has 0 aliphatic heterocycles. The molecule has 1 N–H and O–H groups in total. The maximum atomic E-state index is 12.0. The van der Waals surface area contributed by atoms with Crippen LogP contribution in [0.15, 0.2) is 24.3 Å². The Balaban J connectivity index is -0.000000180. The van der Waals surface area contributed by atoms with E-state index in [1.165, 1.54) is 24.3 Å². The van der Waals surface area contributed by atoms with Crippen LogP contribution in [0.25, 0.3) is 0 Å². The third-order valence-electron chi connectivity index (χ3n) is 0.827. The van der Waals surface area contributed by atoms with Crippen LogP contribution in [0, 0.1) is 5.82 Å². The summed E-state index contributed by atoms with van der Waals surface area (Å²) in [6.45, 7) is 0. The van der Waals surface area contributed by atoms with Crippen molar-refractivity contribution in [1.82, 2.24) is 0 Å². The van der Waals surface area contributed by atoms with Crippen LogP contribution in [0.2, 0.25) is 0 Å². The van der Waals surface area contributed by atoms with Gasteiger partial charge in [0, 0.05) is 0 Å². The first-order valence-electron chi connectivity index (χ1n) is 2.85. The monoisotopic (exact) mass is 250 g/mol. The van der Waals surface area contributed by atoms with Crippen LogP contribution in [0.4, 0.5) is 9.18 Å². The fraction of sp³-hybridized carbons (Fsp3) is 0. The molecule has 0 aromatic heterocycles. The molecule has 66 valence electrons. The molecule has 0 saturated heterocycles. The zero-order valence-electron chi connectivity index (χ0n) is 7.86. The molecule has 1 rings (SSSR count). The Labute approximate surface area is 165 Å². The van der Waals surface area contributed by atoms with Crippen LogP contribution < -0.4 is 113 Å². The van der Waals surface area contributed by atoms with Crippen molar-refractivity contribution < 1.29 is 127 Å². The average molecular weight is 250 g/mol. The van der Waals surface area contributed by atoms with Gasteiger partial charge in [-0.3, -0.25) is 0 Å². The van der Waals surface area contributed by atoms with Crippen molar-refractivity contribution >= 4 is 6.16 Å². The molecular weight excluding hydrogens is 245 g/mol. The third kappa shape index (κ3) is 15.9. The summed E-state index contributed by atoms with van der Waals surface area (Å²) in [5, 5.41) is 25.3. The first-order chi connectivity index (χ1) is 5.52. The van der Waals surface area contributed by atoms with Crippen LogP contribution >= 0.6 is 0 Å². The van der Waals surface area contributed by atoms with E-state index in [0.29, 0.717) is 0 Å². The Morgan fingerprint density at radius 1 is 1.14 bits per heavy atom. The molecule has 0 atom stereocenters. The van der Waals surface area contributed by atoms with Crippen molar-refractivity contribution in [2.45, 2.75) is 0 Å². The largest absolute Gasteiger partial charge is 1.00 e. The molecule has 0 bridgehead atoms. The van der Waals surface area contributed by atoms with Crippen LogP contribution in [0.3, 0.4) is 0 Å². The number of benzene rings is 1. The summed E-state index contributed by atoms with van der Waals surface area (Å²) in [7, 11) is 0. The maximum Gasteiger partial charge on any atom is 1.00 e. The Morgan fingerprint density at radius 2 is 1.43 bits per heavy atom. The van der Waals surface area contributed by atoms with Crippen molar-refractivity contribution in [3.63, 3.8) is 0 Å². The Kier molecular flexibility index (Phi) is 18.7. The van der Waals surface area contributed by atoms with Gasteiger partial charge in [-0.05, 0) is 30.4 Å². The number of phenols is 1. The van der Waals surface area contributed by atoms with Gasteiger partial charge in [-0.2, -0.15) is 0 Å². The molecule has 0 fully saturated rings. The quantitative estimate of drug-likeness (QED) is 0.464. The second-order valence-electron chi connectivity index (χ2n) is 1.73. The van der Waals surface area contributed by atoms with E-state index < -0.39 is 6.16 Å². The summed E-state index contributed by atoms with van der Waals surface area (Å²) in [4.78, 5) is 8.33. The van der Waals surface area contributed by atoms with Crippen LogP contribution in [-0.4, -0.2) is 11.3 Å². The van der Waals surface area contributed by atoms with E-state index in [-0.39, 0.29) is 114 Å². The molecule has 4 nitrogen and oxygen atoms in total. The number of hydrogen-bond donors (Lipinski definition) is 1. The van der Waals surface area contributed by atoms with Gasteiger partial charge in [0.15, 0.2) is 0 Å². The summed E-state index contributed by atoms with van der Waals surface area (Å²) in [6.07, 6.45) is -2.33. The number of rotatable bonds is 0.